The van der Waals surface area contributed by atoms with Crippen molar-refractivity contribution in [3.8, 4) is 12.3 Å². The Morgan fingerprint density at radius 1 is 1.35 bits per heavy atom. The Labute approximate surface area is 117 Å². The first kappa shape index (κ1) is 13.7. The van der Waals surface area contributed by atoms with Crippen LogP contribution < -0.4 is 5.32 Å². The summed E-state index contributed by atoms with van der Waals surface area (Å²) in [5.41, 5.74) is 1.82. The zero-order valence-electron chi connectivity index (χ0n) is 11.0. The highest BCUT2D eigenvalue weighted by Crippen LogP contribution is 2.01. The minimum Gasteiger partial charge on any atom is -0.445 e. The number of alkyl carbamates (subject to hydrolysis) is 1. The zero-order valence-corrected chi connectivity index (χ0v) is 11.0. The van der Waals surface area contributed by atoms with E-state index < -0.39 is 6.09 Å². The number of hydrogen-bond acceptors (Lipinski definition) is 3. The topological polar surface area (TPSA) is 56.2 Å². The molecule has 1 N–H and O–H groups in total. The smallest absolute Gasteiger partial charge is 0.407 e. The molecule has 0 saturated heterocycles. The Morgan fingerprint density at radius 2 is 2.15 bits per heavy atom. The Bertz CT molecular complexity index is 599. The number of carbonyl (C=O) groups excluding carboxylic acids is 1. The van der Waals surface area contributed by atoms with Gasteiger partial charge in [-0.1, -0.05) is 36.3 Å². The van der Waals surface area contributed by atoms with E-state index >= 15 is 0 Å². The summed E-state index contributed by atoms with van der Waals surface area (Å²) in [6, 6.07) is 9.51. The van der Waals surface area contributed by atoms with Gasteiger partial charge in [0.2, 0.25) is 0 Å². The Balaban J connectivity index is 1.73. The lowest BCUT2D eigenvalue weighted by Crippen LogP contribution is -2.23. The number of hydrogen-bond donors (Lipinski definition) is 1. The third-order valence-corrected chi connectivity index (χ3v) is 2.59. The van der Waals surface area contributed by atoms with E-state index in [1.165, 1.54) is 0 Å². The largest absolute Gasteiger partial charge is 0.445 e. The number of benzene rings is 1. The van der Waals surface area contributed by atoms with Crippen molar-refractivity contribution in [1.29, 1.82) is 0 Å². The molecule has 0 aliphatic carbocycles. The SMILES string of the molecule is C#CCn1cc(CNC(=O)OCc2ccccc2)cn1. The fourth-order valence-electron chi connectivity index (χ4n) is 1.63. The Kier molecular flexibility index (Phi) is 4.79. The summed E-state index contributed by atoms with van der Waals surface area (Å²) in [6.07, 6.45) is 8.18. The molecule has 1 aromatic heterocycles. The molecule has 0 saturated carbocycles. The summed E-state index contributed by atoms with van der Waals surface area (Å²) < 4.78 is 6.73. The van der Waals surface area contributed by atoms with Crippen LogP contribution in [0.1, 0.15) is 11.1 Å². The molecule has 2 rings (SSSR count). The van der Waals surface area contributed by atoms with Crippen molar-refractivity contribution in [3.63, 3.8) is 0 Å². The van der Waals surface area contributed by atoms with Crippen molar-refractivity contribution in [3.05, 3.63) is 53.9 Å². The molecule has 1 amide bonds. The van der Waals surface area contributed by atoms with Gasteiger partial charge in [-0.05, 0) is 5.56 Å². The first-order chi connectivity index (χ1) is 9.78. The van der Waals surface area contributed by atoms with Gasteiger partial charge in [0.15, 0.2) is 0 Å². The van der Waals surface area contributed by atoms with E-state index in [2.05, 4.69) is 16.3 Å². The number of terminal acetylenes is 1. The predicted octanol–water partition coefficient (Wildman–Crippen LogP) is 1.94. The molecule has 2 aromatic rings. The van der Waals surface area contributed by atoms with Crippen molar-refractivity contribution >= 4 is 6.09 Å². The first-order valence-corrected chi connectivity index (χ1v) is 6.17. The van der Waals surface area contributed by atoms with Gasteiger partial charge >= 0.3 is 6.09 Å². The van der Waals surface area contributed by atoms with Gasteiger partial charge in [-0.15, -0.1) is 6.42 Å². The summed E-state index contributed by atoms with van der Waals surface area (Å²) in [6.45, 7) is 1.03. The van der Waals surface area contributed by atoms with Gasteiger partial charge in [0, 0.05) is 18.3 Å². The highest BCUT2D eigenvalue weighted by Gasteiger charge is 2.04. The fraction of sp³-hybridized carbons (Fsp3) is 0.200. The minimum atomic E-state index is -0.460. The zero-order chi connectivity index (χ0) is 14.2. The normalized spacial score (nSPS) is 9.75. The number of carbonyl (C=O) groups is 1. The quantitative estimate of drug-likeness (QED) is 0.844. The molecule has 0 radical (unpaired) electrons. The molecular formula is C15H15N3O2. The van der Waals surface area contributed by atoms with Crippen LogP contribution in [0, 0.1) is 12.3 Å². The molecule has 0 aliphatic heterocycles. The maximum Gasteiger partial charge on any atom is 0.407 e. The summed E-state index contributed by atoms with van der Waals surface area (Å²) in [4.78, 5) is 11.5. The number of ether oxygens (including phenoxy) is 1. The van der Waals surface area contributed by atoms with Gasteiger partial charge in [0.25, 0.3) is 0 Å². The molecule has 1 aromatic carbocycles. The van der Waals surface area contributed by atoms with E-state index in [9.17, 15) is 4.79 Å². The van der Waals surface area contributed by atoms with Crippen molar-refractivity contribution in [2.24, 2.45) is 0 Å². The lowest BCUT2D eigenvalue weighted by Gasteiger charge is -2.05. The highest BCUT2D eigenvalue weighted by atomic mass is 16.5. The van der Waals surface area contributed by atoms with Crippen molar-refractivity contribution in [2.75, 3.05) is 0 Å². The van der Waals surface area contributed by atoms with Crippen LogP contribution in [-0.4, -0.2) is 15.9 Å². The van der Waals surface area contributed by atoms with Gasteiger partial charge in [-0.3, -0.25) is 4.68 Å². The molecule has 0 unspecified atom stereocenters. The lowest BCUT2D eigenvalue weighted by molar-refractivity contribution is 0.139. The summed E-state index contributed by atoms with van der Waals surface area (Å²) in [5, 5.41) is 6.72. The molecule has 0 atom stereocenters. The molecule has 20 heavy (non-hydrogen) atoms. The van der Waals surface area contributed by atoms with Crippen LogP contribution in [0.25, 0.3) is 0 Å². The van der Waals surface area contributed by atoms with Crippen LogP contribution in [0.15, 0.2) is 42.7 Å². The van der Waals surface area contributed by atoms with Crippen LogP contribution in [-0.2, 0) is 24.4 Å². The second kappa shape index (κ2) is 7.00. The first-order valence-electron chi connectivity index (χ1n) is 6.17. The third kappa shape index (κ3) is 4.18. The van der Waals surface area contributed by atoms with Crippen LogP contribution >= 0.6 is 0 Å². The monoisotopic (exact) mass is 269 g/mol. The van der Waals surface area contributed by atoms with Gasteiger partial charge in [0.05, 0.1) is 6.20 Å². The van der Waals surface area contributed by atoms with Gasteiger partial charge < -0.3 is 10.1 Å². The molecule has 0 fully saturated rings. The average Bonchev–Trinajstić information content (AvgIpc) is 2.92. The molecule has 1 heterocycles. The average molecular weight is 269 g/mol. The second-order valence-corrected chi connectivity index (χ2v) is 4.17. The molecule has 102 valence electrons. The van der Waals surface area contributed by atoms with Gasteiger partial charge in [0.1, 0.15) is 13.2 Å². The van der Waals surface area contributed by atoms with E-state index in [1.807, 2.05) is 30.3 Å². The second-order valence-electron chi connectivity index (χ2n) is 4.17. The maximum atomic E-state index is 11.5. The minimum absolute atomic E-state index is 0.253. The van der Waals surface area contributed by atoms with Crippen LogP contribution in [0.4, 0.5) is 4.79 Å². The lowest BCUT2D eigenvalue weighted by atomic mass is 10.2. The molecular weight excluding hydrogens is 254 g/mol. The van der Waals surface area contributed by atoms with Crippen LogP contribution in [0.3, 0.4) is 0 Å². The summed E-state index contributed by atoms with van der Waals surface area (Å²) >= 11 is 0. The van der Waals surface area contributed by atoms with E-state index in [4.69, 9.17) is 11.2 Å². The number of amides is 1. The van der Waals surface area contributed by atoms with Crippen molar-refractivity contribution < 1.29 is 9.53 Å². The van der Waals surface area contributed by atoms with Crippen molar-refractivity contribution in [1.82, 2.24) is 15.1 Å². The van der Waals surface area contributed by atoms with Crippen LogP contribution in [0.2, 0.25) is 0 Å². The molecule has 0 aliphatic rings. The standard InChI is InChI=1S/C15H15N3O2/c1-2-8-18-11-14(10-17-18)9-16-15(19)20-12-13-6-4-3-5-7-13/h1,3-7,10-11H,8-9,12H2,(H,16,19). The van der Waals surface area contributed by atoms with Crippen molar-refractivity contribution in [2.45, 2.75) is 19.7 Å². The molecule has 0 bridgehead atoms. The van der Waals surface area contributed by atoms with E-state index in [1.54, 1.807) is 17.1 Å². The van der Waals surface area contributed by atoms with E-state index in [-0.39, 0.29) is 6.61 Å². The number of nitrogens with zero attached hydrogens (tertiary/aromatic N) is 2. The van der Waals surface area contributed by atoms with Crippen LogP contribution in [0.5, 0.6) is 0 Å². The summed E-state index contributed by atoms with van der Waals surface area (Å²) in [5.74, 6) is 2.49. The molecule has 5 heteroatoms. The predicted molar refractivity (Wildman–Crippen MR) is 74.5 cm³/mol. The highest BCUT2D eigenvalue weighted by molar-refractivity contribution is 5.67. The summed E-state index contributed by atoms with van der Waals surface area (Å²) in [7, 11) is 0. The number of rotatable bonds is 5. The molecule has 5 nitrogen and oxygen atoms in total. The van der Waals surface area contributed by atoms with Gasteiger partial charge in [-0.25, -0.2) is 4.79 Å². The Morgan fingerprint density at radius 3 is 2.90 bits per heavy atom. The third-order valence-electron chi connectivity index (χ3n) is 2.59. The van der Waals surface area contributed by atoms with E-state index in [0.29, 0.717) is 13.1 Å². The van der Waals surface area contributed by atoms with Gasteiger partial charge in [-0.2, -0.15) is 5.10 Å². The fourth-order valence-corrected chi connectivity index (χ4v) is 1.63. The van der Waals surface area contributed by atoms with E-state index in [0.717, 1.165) is 11.1 Å². The Hall–Kier alpha value is -2.74. The maximum absolute atomic E-state index is 11.5. The molecule has 0 spiro atoms. The number of aromatic nitrogens is 2. The number of nitrogens with one attached hydrogen (secondary N) is 1.